The van der Waals surface area contributed by atoms with Crippen molar-refractivity contribution in [3.8, 4) is 0 Å². The number of hydrogen-bond acceptors (Lipinski definition) is 7. The number of rotatable bonds is 7. The van der Waals surface area contributed by atoms with Gasteiger partial charge in [0, 0.05) is 12.6 Å². The summed E-state index contributed by atoms with van der Waals surface area (Å²) in [7, 11) is -4.08. The Labute approximate surface area is 170 Å². The van der Waals surface area contributed by atoms with Crippen molar-refractivity contribution in [1.82, 2.24) is 10.2 Å². The molecule has 160 valence electrons. The highest BCUT2D eigenvalue weighted by Gasteiger charge is 2.46. The van der Waals surface area contributed by atoms with Gasteiger partial charge in [0.15, 0.2) is 19.7 Å². The summed E-state index contributed by atoms with van der Waals surface area (Å²) in [6.45, 7) is 1.94. The van der Waals surface area contributed by atoms with Crippen LogP contribution in [0.25, 0.3) is 0 Å². The lowest BCUT2D eigenvalue weighted by Gasteiger charge is -2.26. The molecular formula is C19H25FN2O5S2. The average molecular weight is 445 g/mol. The van der Waals surface area contributed by atoms with Crippen molar-refractivity contribution in [1.29, 1.82) is 0 Å². The standard InChI is InChI=1S/C19H25FN2O5S2/c1-13-6-7-14(20)18(9-13)29(25,26)19-12-28(23,24)11-15(19)21-10-16(22(2)3)17-5-4-8-27-17/h4-9,15-16,19,21H,10-12H2,1-3H3/t15-,16?,19-/m0/s1. The Morgan fingerprint density at radius 3 is 2.62 bits per heavy atom. The van der Waals surface area contributed by atoms with Gasteiger partial charge in [-0.1, -0.05) is 6.07 Å². The Bertz CT molecular complexity index is 1070. The van der Waals surface area contributed by atoms with E-state index in [1.54, 1.807) is 25.3 Å². The third-order valence-electron chi connectivity index (χ3n) is 5.16. The Morgan fingerprint density at radius 1 is 1.28 bits per heavy atom. The van der Waals surface area contributed by atoms with Gasteiger partial charge in [0.25, 0.3) is 0 Å². The van der Waals surface area contributed by atoms with Crippen LogP contribution in [0.1, 0.15) is 17.4 Å². The quantitative estimate of drug-likeness (QED) is 0.692. The summed E-state index contributed by atoms with van der Waals surface area (Å²) in [5.74, 6) is -1.05. The summed E-state index contributed by atoms with van der Waals surface area (Å²) >= 11 is 0. The molecule has 2 heterocycles. The second kappa shape index (κ2) is 8.17. The number of nitrogens with zero attached hydrogens (tertiary/aromatic N) is 1. The first-order valence-corrected chi connectivity index (χ1v) is 12.5. The topological polar surface area (TPSA) is 96.7 Å². The maximum absolute atomic E-state index is 14.3. The van der Waals surface area contributed by atoms with Crippen LogP contribution in [0.2, 0.25) is 0 Å². The van der Waals surface area contributed by atoms with Gasteiger partial charge >= 0.3 is 0 Å². The van der Waals surface area contributed by atoms with Crippen LogP contribution in [0.4, 0.5) is 4.39 Å². The van der Waals surface area contributed by atoms with Gasteiger partial charge in [0.2, 0.25) is 0 Å². The van der Waals surface area contributed by atoms with E-state index in [1.807, 2.05) is 19.0 Å². The number of sulfone groups is 2. The fraction of sp³-hybridized carbons (Fsp3) is 0.474. The molecule has 1 aromatic carbocycles. The SMILES string of the molecule is Cc1ccc(F)c(S(=O)(=O)[C@H]2CS(=O)(=O)C[C@@H]2NCC(c2ccco2)N(C)C)c1. The lowest BCUT2D eigenvalue weighted by Crippen LogP contribution is -2.46. The molecule has 1 aromatic heterocycles. The lowest BCUT2D eigenvalue weighted by molar-refractivity contribution is 0.245. The monoisotopic (exact) mass is 444 g/mol. The molecule has 0 spiro atoms. The molecule has 1 saturated heterocycles. The molecule has 1 N–H and O–H groups in total. The van der Waals surface area contributed by atoms with Crippen molar-refractivity contribution in [3.05, 3.63) is 53.7 Å². The van der Waals surface area contributed by atoms with E-state index in [4.69, 9.17) is 4.42 Å². The van der Waals surface area contributed by atoms with Crippen LogP contribution in [0, 0.1) is 12.7 Å². The Balaban J connectivity index is 1.88. The van der Waals surface area contributed by atoms with E-state index in [2.05, 4.69) is 5.32 Å². The molecule has 0 amide bonds. The summed E-state index contributed by atoms with van der Waals surface area (Å²) in [6, 6.07) is 6.30. The number of halogens is 1. The first-order chi connectivity index (χ1) is 13.5. The van der Waals surface area contributed by atoms with Gasteiger partial charge in [-0.15, -0.1) is 0 Å². The van der Waals surface area contributed by atoms with Gasteiger partial charge in [-0.25, -0.2) is 21.2 Å². The van der Waals surface area contributed by atoms with Crippen LogP contribution in [0.3, 0.4) is 0 Å². The van der Waals surface area contributed by atoms with Gasteiger partial charge in [0.05, 0.1) is 29.1 Å². The average Bonchev–Trinajstić information content (AvgIpc) is 3.25. The van der Waals surface area contributed by atoms with Gasteiger partial charge in [-0.05, 0) is 50.8 Å². The zero-order valence-electron chi connectivity index (χ0n) is 16.5. The van der Waals surface area contributed by atoms with Crippen LogP contribution >= 0.6 is 0 Å². The predicted molar refractivity (Wildman–Crippen MR) is 108 cm³/mol. The predicted octanol–water partition coefficient (Wildman–Crippen LogP) is 1.56. The molecule has 3 rings (SSSR count). The highest BCUT2D eigenvalue weighted by atomic mass is 32.2. The van der Waals surface area contributed by atoms with E-state index in [1.165, 1.54) is 12.1 Å². The summed E-state index contributed by atoms with van der Waals surface area (Å²) in [5, 5.41) is 1.82. The molecule has 7 nitrogen and oxygen atoms in total. The first-order valence-electron chi connectivity index (χ1n) is 9.15. The molecule has 2 aromatic rings. The molecule has 10 heteroatoms. The fourth-order valence-electron chi connectivity index (χ4n) is 3.58. The second-order valence-corrected chi connectivity index (χ2v) is 11.9. The molecule has 0 aliphatic carbocycles. The van der Waals surface area contributed by atoms with Crippen LogP contribution in [-0.4, -0.2) is 65.2 Å². The third-order valence-corrected chi connectivity index (χ3v) is 9.32. The molecule has 29 heavy (non-hydrogen) atoms. The summed E-state index contributed by atoms with van der Waals surface area (Å²) in [6.07, 6.45) is 1.54. The normalized spacial score (nSPS) is 22.8. The number of aryl methyl sites for hydroxylation is 1. The number of furan rings is 1. The van der Waals surface area contributed by atoms with Gasteiger partial charge in [0.1, 0.15) is 16.5 Å². The highest BCUT2D eigenvalue weighted by molar-refractivity contribution is 7.96. The van der Waals surface area contributed by atoms with Crippen LogP contribution < -0.4 is 5.32 Å². The zero-order chi connectivity index (χ0) is 21.4. The van der Waals surface area contributed by atoms with E-state index < -0.39 is 47.4 Å². The largest absolute Gasteiger partial charge is 0.468 e. The lowest BCUT2D eigenvalue weighted by atomic mass is 10.2. The summed E-state index contributed by atoms with van der Waals surface area (Å²) < 4.78 is 70.5. The summed E-state index contributed by atoms with van der Waals surface area (Å²) in [4.78, 5) is 1.43. The number of hydrogen-bond donors (Lipinski definition) is 1. The molecule has 1 unspecified atom stereocenters. The van der Waals surface area contributed by atoms with E-state index in [0.717, 1.165) is 6.07 Å². The molecule has 1 aliphatic rings. The van der Waals surface area contributed by atoms with Crippen molar-refractivity contribution in [3.63, 3.8) is 0 Å². The molecule has 0 bridgehead atoms. The minimum absolute atomic E-state index is 0.215. The van der Waals surface area contributed by atoms with Crippen molar-refractivity contribution >= 4 is 19.7 Å². The van der Waals surface area contributed by atoms with Gasteiger partial charge < -0.3 is 9.73 Å². The number of benzene rings is 1. The molecule has 0 saturated carbocycles. The van der Waals surface area contributed by atoms with Crippen LogP contribution in [0.5, 0.6) is 0 Å². The maximum Gasteiger partial charge on any atom is 0.186 e. The van der Waals surface area contributed by atoms with Crippen molar-refractivity contribution < 1.29 is 25.6 Å². The Kier molecular flexibility index (Phi) is 6.19. The van der Waals surface area contributed by atoms with E-state index >= 15 is 0 Å². The molecule has 1 fully saturated rings. The molecule has 0 radical (unpaired) electrons. The minimum Gasteiger partial charge on any atom is -0.468 e. The second-order valence-electron chi connectivity index (χ2n) is 7.60. The highest BCUT2D eigenvalue weighted by Crippen LogP contribution is 2.29. The first kappa shape index (κ1) is 21.9. The minimum atomic E-state index is -4.19. The zero-order valence-corrected chi connectivity index (χ0v) is 18.1. The molecule has 3 atom stereocenters. The summed E-state index contributed by atoms with van der Waals surface area (Å²) in [5.41, 5.74) is 0.584. The van der Waals surface area contributed by atoms with Gasteiger partial charge in [-0.3, -0.25) is 4.90 Å². The molecule has 1 aliphatic heterocycles. The van der Waals surface area contributed by atoms with Crippen molar-refractivity contribution in [2.45, 2.75) is 29.2 Å². The Morgan fingerprint density at radius 2 is 2.00 bits per heavy atom. The van der Waals surface area contributed by atoms with E-state index in [9.17, 15) is 21.2 Å². The van der Waals surface area contributed by atoms with E-state index in [0.29, 0.717) is 11.3 Å². The number of likely N-dealkylation sites (N-methyl/N-ethyl adjacent to an activating group) is 1. The fourth-order valence-corrected chi connectivity index (χ4v) is 8.45. The molecular weight excluding hydrogens is 419 g/mol. The van der Waals surface area contributed by atoms with Crippen LogP contribution in [0.15, 0.2) is 45.9 Å². The Hall–Kier alpha value is -1.75. The van der Waals surface area contributed by atoms with Crippen molar-refractivity contribution in [2.24, 2.45) is 0 Å². The van der Waals surface area contributed by atoms with Crippen LogP contribution in [-0.2, 0) is 19.7 Å². The number of nitrogens with one attached hydrogen (secondary N) is 1. The van der Waals surface area contributed by atoms with Crippen molar-refractivity contribution in [2.75, 3.05) is 32.1 Å². The maximum atomic E-state index is 14.3. The van der Waals surface area contributed by atoms with Gasteiger partial charge in [-0.2, -0.15) is 0 Å². The smallest absolute Gasteiger partial charge is 0.186 e. The van der Waals surface area contributed by atoms with E-state index in [-0.39, 0.29) is 18.3 Å². The third kappa shape index (κ3) is 4.71.